The number of carbonyl (C=O) groups excluding carboxylic acids is 1. The fraction of sp³-hybridized carbons (Fsp3) is 0.0556. The Morgan fingerprint density at radius 3 is 2.62 bits per heavy atom. The second-order valence-corrected chi connectivity index (χ2v) is 6.11. The SMILES string of the molecule is O=C(NCc1ccc(F)cc1)c1cc(Nc2cccc(Cl)c2Cl)ncn1. The Balaban J connectivity index is 1.69. The fourth-order valence-corrected chi connectivity index (χ4v) is 2.51. The van der Waals surface area contributed by atoms with E-state index < -0.39 is 0 Å². The first-order chi connectivity index (χ1) is 12.5. The van der Waals surface area contributed by atoms with Gasteiger partial charge in [-0.15, -0.1) is 0 Å². The number of hydrogen-bond acceptors (Lipinski definition) is 4. The molecule has 1 heterocycles. The highest BCUT2D eigenvalue weighted by molar-refractivity contribution is 6.43. The van der Waals surface area contributed by atoms with Gasteiger partial charge in [-0.1, -0.05) is 41.4 Å². The van der Waals surface area contributed by atoms with Crippen LogP contribution in [-0.4, -0.2) is 15.9 Å². The molecule has 3 aromatic rings. The maximum Gasteiger partial charge on any atom is 0.270 e. The number of halogens is 3. The normalized spacial score (nSPS) is 10.4. The van der Waals surface area contributed by atoms with Crippen molar-refractivity contribution in [3.8, 4) is 0 Å². The van der Waals surface area contributed by atoms with Crippen molar-refractivity contribution in [2.75, 3.05) is 5.32 Å². The number of nitrogens with one attached hydrogen (secondary N) is 2. The molecule has 3 rings (SSSR count). The predicted octanol–water partition coefficient (Wildman–Crippen LogP) is 4.60. The number of rotatable bonds is 5. The summed E-state index contributed by atoms with van der Waals surface area (Å²) >= 11 is 12.1. The van der Waals surface area contributed by atoms with E-state index in [-0.39, 0.29) is 24.0 Å². The standard InChI is InChI=1S/C18H13Cl2FN4O/c19-13-2-1-3-14(17(13)20)25-16-8-15(23-10-24-16)18(26)22-9-11-4-6-12(21)7-5-11/h1-8,10H,9H2,(H,22,26)(H,23,24,25). The van der Waals surface area contributed by atoms with Gasteiger partial charge in [0.2, 0.25) is 0 Å². The summed E-state index contributed by atoms with van der Waals surface area (Å²) in [4.78, 5) is 20.3. The van der Waals surface area contributed by atoms with Crippen molar-refractivity contribution < 1.29 is 9.18 Å². The van der Waals surface area contributed by atoms with Crippen LogP contribution in [0.4, 0.5) is 15.9 Å². The lowest BCUT2D eigenvalue weighted by Crippen LogP contribution is -2.24. The van der Waals surface area contributed by atoms with Gasteiger partial charge in [0.05, 0.1) is 15.7 Å². The molecule has 2 N–H and O–H groups in total. The first-order valence-electron chi connectivity index (χ1n) is 7.58. The summed E-state index contributed by atoms with van der Waals surface area (Å²) in [5.41, 5.74) is 1.52. The van der Waals surface area contributed by atoms with Gasteiger partial charge in [-0.25, -0.2) is 14.4 Å². The lowest BCUT2D eigenvalue weighted by Gasteiger charge is -2.09. The van der Waals surface area contributed by atoms with Crippen molar-refractivity contribution in [1.29, 1.82) is 0 Å². The monoisotopic (exact) mass is 390 g/mol. The number of benzene rings is 2. The first-order valence-corrected chi connectivity index (χ1v) is 8.34. The molecule has 132 valence electrons. The van der Waals surface area contributed by atoms with Gasteiger partial charge in [0, 0.05) is 12.6 Å². The minimum atomic E-state index is -0.378. The topological polar surface area (TPSA) is 66.9 Å². The average molecular weight is 391 g/mol. The van der Waals surface area contributed by atoms with E-state index in [1.165, 1.54) is 24.5 Å². The molecule has 5 nitrogen and oxygen atoms in total. The van der Waals surface area contributed by atoms with E-state index in [4.69, 9.17) is 23.2 Å². The molecule has 0 aliphatic rings. The van der Waals surface area contributed by atoms with Gasteiger partial charge in [0.15, 0.2) is 0 Å². The molecule has 0 unspecified atom stereocenters. The van der Waals surface area contributed by atoms with Crippen LogP contribution in [0.25, 0.3) is 0 Å². The van der Waals surface area contributed by atoms with Crippen LogP contribution < -0.4 is 10.6 Å². The summed E-state index contributed by atoms with van der Waals surface area (Å²) < 4.78 is 12.9. The zero-order valence-electron chi connectivity index (χ0n) is 13.3. The van der Waals surface area contributed by atoms with Crippen molar-refractivity contribution in [3.05, 3.63) is 82.0 Å². The Hall–Kier alpha value is -2.70. The number of carbonyl (C=O) groups is 1. The molecule has 0 aliphatic heterocycles. The Kier molecular flexibility index (Phi) is 5.65. The van der Waals surface area contributed by atoms with Crippen molar-refractivity contribution in [1.82, 2.24) is 15.3 Å². The Labute approximate surface area is 159 Å². The molecule has 0 aliphatic carbocycles. The van der Waals surface area contributed by atoms with Crippen LogP contribution >= 0.6 is 23.2 Å². The third kappa shape index (κ3) is 4.47. The van der Waals surface area contributed by atoms with Crippen molar-refractivity contribution >= 4 is 40.6 Å². The van der Waals surface area contributed by atoms with Gasteiger partial charge in [-0.05, 0) is 29.8 Å². The van der Waals surface area contributed by atoms with Crippen molar-refractivity contribution in [2.45, 2.75) is 6.54 Å². The molecule has 26 heavy (non-hydrogen) atoms. The number of nitrogens with zero attached hydrogens (tertiary/aromatic N) is 2. The number of amides is 1. The smallest absolute Gasteiger partial charge is 0.270 e. The van der Waals surface area contributed by atoms with Crippen LogP contribution in [0.2, 0.25) is 10.0 Å². The van der Waals surface area contributed by atoms with E-state index in [1.54, 1.807) is 30.3 Å². The van der Waals surface area contributed by atoms with Crippen LogP contribution in [0, 0.1) is 5.82 Å². The summed E-state index contributed by atoms with van der Waals surface area (Å²) in [5, 5.41) is 6.48. The summed E-state index contributed by atoms with van der Waals surface area (Å²) in [6.07, 6.45) is 1.27. The van der Waals surface area contributed by atoms with Gasteiger partial charge < -0.3 is 10.6 Å². The van der Waals surface area contributed by atoms with Crippen LogP contribution in [-0.2, 0) is 6.54 Å². The van der Waals surface area contributed by atoms with E-state index in [2.05, 4.69) is 20.6 Å². The third-order valence-corrected chi connectivity index (χ3v) is 4.30. The molecule has 0 bridgehead atoms. The average Bonchev–Trinajstić information content (AvgIpc) is 2.65. The number of aromatic nitrogens is 2. The van der Waals surface area contributed by atoms with E-state index in [0.29, 0.717) is 21.6 Å². The molecular formula is C18H13Cl2FN4O. The van der Waals surface area contributed by atoms with Crippen molar-refractivity contribution in [3.63, 3.8) is 0 Å². The van der Waals surface area contributed by atoms with Crippen molar-refractivity contribution in [2.24, 2.45) is 0 Å². The molecule has 8 heteroatoms. The van der Waals surface area contributed by atoms with Crippen LogP contribution in [0.1, 0.15) is 16.1 Å². The quantitative estimate of drug-likeness (QED) is 0.668. The van der Waals surface area contributed by atoms with E-state index in [9.17, 15) is 9.18 Å². The molecule has 2 aromatic carbocycles. The predicted molar refractivity (Wildman–Crippen MR) is 99.3 cm³/mol. The van der Waals surface area contributed by atoms with Gasteiger partial charge >= 0.3 is 0 Å². The van der Waals surface area contributed by atoms with Gasteiger partial charge in [0.1, 0.15) is 23.7 Å². The lowest BCUT2D eigenvalue weighted by atomic mass is 10.2. The molecule has 0 radical (unpaired) electrons. The Bertz CT molecular complexity index is 935. The Morgan fingerprint density at radius 2 is 1.85 bits per heavy atom. The summed E-state index contributed by atoms with van der Waals surface area (Å²) in [6, 6.07) is 12.5. The van der Waals surface area contributed by atoms with E-state index in [0.717, 1.165) is 5.56 Å². The zero-order valence-corrected chi connectivity index (χ0v) is 14.9. The molecular weight excluding hydrogens is 378 g/mol. The summed E-state index contributed by atoms with van der Waals surface area (Å²) in [6.45, 7) is 0.256. The van der Waals surface area contributed by atoms with E-state index >= 15 is 0 Å². The first kappa shape index (κ1) is 18.1. The van der Waals surface area contributed by atoms with Crippen LogP contribution in [0.15, 0.2) is 54.9 Å². The molecule has 0 atom stereocenters. The van der Waals surface area contributed by atoms with Gasteiger partial charge in [0.25, 0.3) is 5.91 Å². The van der Waals surface area contributed by atoms with Gasteiger partial charge in [-0.3, -0.25) is 4.79 Å². The second-order valence-electron chi connectivity index (χ2n) is 5.32. The second kappa shape index (κ2) is 8.12. The molecule has 0 saturated heterocycles. The largest absolute Gasteiger partial charge is 0.347 e. The van der Waals surface area contributed by atoms with E-state index in [1.807, 2.05) is 0 Å². The maximum atomic E-state index is 12.9. The van der Waals surface area contributed by atoms with Crippen LogP contribution in [0.5, 0.6) is 0 Å². The third-order valence-electron chi connectivity index (χ3n) is 3.48. The minimum Gasteiger partial charge on any atom is -0.347 e. The summed E-state index contributed by atoms with van der Waals surface area (Å²) in [7, 11) is 0. The molecule has 0 spiro atoms. The zero-order chi connectivity index (χ0) is 18.5. The maximum absolute atomic E-state index is 12.9. The Morgan fingerprint density at radius 1 is 1.08 bits per heavy atom. The minimum absolute atomic E-state index is 0.183. The lowest BCUT2D eigenvalue weighted by molar-refractivity contribution is 0.0946. The van der Waals surface area contributed by atoms with Crippen LogP contribution in [0.3, 0.4) is 0 Å². The van der Waals surface area contributed by atoms with Gasteiger partial charge in [-0.2, -0.15) is 0 Å². The fourth-order valence-electron chi connectivity index (χ4n) is 2.16. The highest BCUT2D eigenvalue weighted by Crippen LogP contribution is 2.31. The molecule has 1 amide bonds. The molecule has 1 aromatic heterocycles. The number of hydrogen-bond donors (Lipinski definition) is 2. The molecule has 0 saturated carbocycles. The highest BCUT2D eigenvalue weighted by atomic mass is 35.5. The summed E-state index contributed by atoms with van der Waals surface area (Å²) in [5.74, 6) is -0.306. The number of anilines is 2. The molecule has 0 fully saturated rings. The highest BCUT2D eigenvalue weighted by Gasteiger charge is 2.10.